The summed E-state index contributed by atoms with van der Waals surface area (Å²) in [6, 6.07) is 5.47. The molecule has 0 N–H and O–H groups in total. The zero-order chi connectivity index (χ0) is 13.5. The minimum atomic E-state index is -0.571. The summed E-state index contributed by atoms with van der Waals surface area (Å²) < 4.78 is 17.4. The molecule has 1 rings (SSSR count). The number of esters is 1. The second kappa shape index (κ2) is 6.54. The molecule has 0 aliphatic rings. The molecule has 0 unspecified atom stereocenters. The van der Waals surface area contributed by atoms with Crippen LogP contribution in [0.3, 0.4) is 0 Å². The molecule has 0 radical (unpaired) electrons. The van der Waals surface area contributed by atoms with Crippen molar-refractivity contribution < 1.29 is 18.7 Å². The average molecular weight is 251 g/mol. The normalized spacial score (nSPS) is 10.4. The highest BCUT2D eigenvalue weighted by molar-refractivity contribution is 6.03. The Hall–Kier alpha value is -2.17. The summed E-state index contributed by atoms with van der Waals surface area (Å²) in [5.74, 6) is -1.34. The molecule has 0 fully saturated rings. The number of rotatable bonds is 4. The Morgan fingerprint density at radius 3 is 2.44 bits per heavy atom. The Morgan fingerprint density at radius 2 is 1.89 bits per heavy atom. The number of hydrogen-bond donors (Lipinski definition) is 0. The monoisotopic (exact) mass is 251 g/mol. The van der Waals surface area contributed by atoms with E-state index in [4.69, 9.17) is 0 Å². The first-order valence-corrected chi connectivity index (χ1v) is 5.42. The first-order valence-electron chi connectivity index (χ1n) is 5.42. The topological polar surface area (TPSA) is 46.6 Å². The van der Waals surface area contributed by atoms with Crippen LogP contribution in [0.2, 0.25) is 0 Å². The van der Waals surface area contributed by atoms with Crippen LogP contribution in [0, 0.1) is 5.82 Å². The van der Waals surface area contributed by atoms with Gasteiger partial charge in [0, 0.05) is 24.9 Å². The van der Waals surface area contributed by atoms with Crippen LogP contribution in [0.5, 0.6) is 0 Å². The number of nitrogens with zero attached hydrogens (tertiary/aromatic N) is 1. The summed E-state index contributed by atoms with van der Waals surface area (Å²) in [5, 5.41) is 0. The van der Waals surface area contributed by atoms with Crippen LogP contribution in [0.1, 0.15) is 6.92 Å². The van der Waals surface area contributed by atoms with Gasteiger partial charge in [-0.3, -0.25) is 4.79 Å². The fraction of sp³-hybridized carbons (Fsp3) is 0.231. The number of hydrogen-bond acceptors (Lipinski definition) is 3. The van der Waals surface area contributed by atoms with Crippen LogP contribution in [0.25, 0.3) is 0 Å². The van der Waals surface area contributed by atoms with Gasteiger partial charge < -0.3 is 9.64 Å². The molecule has 0 spiro atoms. The summed E-state index contributed by atoms with van der Waals surface area (Å²) in [5.41, 5.74) is 0.537. The van der Waals surface area contributed by atoms with Crippen LogP contribution in [-0.2, 0) is 14.3 Å². The Morgan fingerprint density at radius 1 is 1.28 bits per heavy atom. The van der Waals surface area contributed by atoms with E-state index in [0.717, 1.165) is 12.2 Å². The third-order valence-corrected chi connectivity index (χ3v) is 2.19. The van der Waals surface area contributed by atoms with Gasteiger partial charge in [-0.25, -0.2) is 9.18 Å². The van der Waals surface area contributed by atoms with Crippen molar-refractivity contribution in [1.29, 1.82) is 0 Å². The van der Waals surface area contributed by atoms with Crippen molar-refractivity contribution in [2.45, 2.75) is 6.92 Å². The molecule has 18 heavy (non-hydrogen) atoms. The van der Waals surface area contributed by atoms with Crippen molar-refractivity contribution in [3.8, 4) is 0 Å². The number of ether oxygens (including phenoxy) is 1. The lowest BCUT2D eigenvalue weighted by Gasteiger charge is -2.14. The number of carbonyl (C=O) groups is 2. The average Bonchev–Trinajstić information content (AvgIpc) is 2.36. The van der Waals surface area contributed by atoms with E-state index in [2.05, 4.69) is 4.74 Å². The van der Waals surface area contributed by atoms with E-state index in [-0.39, 0.29) is 12.4 Å². The largest absolute Gasteiger partial charge is 0.463 e. The first-order chi connectivity index (χ1) is 8.54. The molecule has 0 heterocycles. The van der Waals surface area contributed by atoms with E-state index in [1.165, 1.54) is 36.2 Å². The van der Waals surface area contributed by atoms with E-state index in [9.17, 15) is 14.0 Å². The molecular formula is C13H14FNO3. The third-order valence-electron chi connectivity index (χ3n) is 2.19. The number of benzene rings is 1. The van der Waals surface area contributed by atoms with E-state index < -0.39 is 11.9 Å². The molecule has 0 bridgehead atoms. The zero-order valence-electron chi connectivity index (χ0n) is 10.2. The lowest BCUT2D eigenvalue weighted by molar-refractivity contribution is -0.137. The predicted molar refractivity (Wildman–Crippen MR) is 65.6 cm³/mol. The SMILES string of the molecule is CCOC(=O)/C=C/C(=O)N(C)c1ccc(F)cc1. The standard InChI is InChI=1S/C13H14FNO3/c1-3-18-13(17)9-8-12(16)15(2)11-6-4-10(14)5-7-11/h4-9H,3H2,1-2H3/b9-8+. The maximum absolute atomic E-state index is 12.7. The molecule has 4 nitrogen and oxygen atoms in total. The zero-order valence-corrected chi connectivity index (χ0v) is 10.2. The van der Waals surface area contributed by atoms with Crippen LogP contribution in [-0.4, -0.2) is 25.5 Å². The first kappa shape index (κ1) is 13.9. The number of amides is 1. The van der Waals surface area contributed by atoms with E-state index in [1.54, 1.807) is 6.92 Å². The van der Waals surface area contributed by atoms with Crippen molar-refractivity contribution in [2.24, 2.45) is 0 Å². The fourth-order valence-electron chi connectivity index (χ4n) is 1.23. The number of halogens is 1. The maximum atomic E-state index is 12.7. The molecule has 0 saturated heterocycles. The van der Waals surface area contributed by atoms with Gasteiger partial charge in [0.1, 0.15) is 5.82 Å². The van der Waals surface area contributed by atoms with Crippen LogP contribution in [0.15, 0.2) is 36.4 Å². The summed E-state index contributed by atoms with van der Waals surface area (Å²) in [7, 11) is 1.53. The van der Waals surface area contributed by atoms with Gasteiger partial charge in [0.2, 0.25) is 0 Å². The molecule has 1 amide bonds. The number of anilines is 1. The molecule has 0 atom stereocenters. The summed E-state index contributed by atoms with van der Waals surface area (Å²) >= 11 is 0. The molecule has 0 aromatic heterocycles. The lowest BCUT2D eigenvalue weighted by Crippen LogP contribution is -2.24. The summed E-state index contributed by atoms with van der Waals surface area (Å²) in [4.78, 5) is 24.0. The van der Waals surface area contributed by atoms with Crippen LogP contribution in [0.4, 0.5) is 10.1 Å². The van der Waals surface area contributed by atoms with Crippen molar-refractivity contribution in [3.05, 3.63) is 42.2 Å². The highest BCUT2D eigenvalue weighted by atomic mass is 19.1. The van der Waals surface area contributed by atoms with Crippen molar-refractivity contribution >= 4 is 17.6 Å². The molecule has 1 aromatic carbocycles. The Balaban J connectivity index is 2.67. The van der Waals surface area contributed by atoms with Gasteiger partial charge in [0.15, 0.2) is 0 Å². The maximum Gasteiger partial charge on any atom is 0.330 e. The Kier molecular flexibility index (Phi) is 5.05. The molecular weight excluding hydrogens is 237 g/mol. The Bertz CT molecular complexity index is 454. The Labute approximate surface area is 105 Å². The highest BCUT2D eigenvalue weighted by Gasteiger charge is 2.08. The van der Waals surface area contributed by atoms with Crippen molar-refractivity contribution in [2.75, 3.05) is 18.6 Å². The lowest BCUT2D eigenvalue weighted by atomic mass is 10.3. The smallest absolute Gasteiger partial charge is 0.330 e. The molecule has 1 aromatic rings. The fourth-order valence-corrected chi connectivity index (χ4v) is 1.23. The predicted octanol–water partition coefficient (Wildman–Crippen LogP) is 1.91. The highest BCUT2D eigenvalue weighted by Crippen LogP contribution is 2.13. The van der Waals surface area contributed by atoms with Crippen LogP contribution >= 0.6 is 0 Å². The summed E-state index contributed by atoms with van der Waals surface area (Å²) in [6.45, 7) is 1.93. The third kappa shape index (κ3) is 4.01. The van der Waals surface area contributed by atoms with Crippen LogP contribution < -0.4 is 4.90 Å². The van der Waals surface area contributed by atoms with E-state index in [1.807, 2.05) is 0 Å². The number of carbonyl (C=O) groups excluding carboxylic acids is 2. The van der Waals surface area contributed by atoms with Gasteiger partial charge in [-0.05, 0) is 31.2 Å². The summed E-state index contributed by atoms with van der Waals surface area (Å²) in [6.07, 6.45) is 2.17. The molecule has 96 valence electrons. The molecule has 5 heteroatoms. The van der Waals surface area contributed by atoms with Crippen molar-refractivity contribution in [1.82, 2.24) is 0 Å². The second-order valence-electron chi connectivity index (χ2n) is 3.46. The molecule has 0 saturated carbocycles. The van der Waals surface area contributed by atoms with Gasteiger partial charge in [-0.15, -0.1) is 0 Å². The quantitative estimate of drug-likeness (QED) is 0.606. The van der Waals surface area contributed by atoms with E-state index in [0.29, 0.717) is 5.69 Å². The van der Waals surface area contributed by atoms with Gasteiger partial charge in [-0.1, -0.05) is 0 Å². The van der Waals surface area contributed by atoms with Gasteiger partial charge in [0.25, 0.3) is 5.91 Å². The molecule has 0 aliphatic heterocycles. The minimum absolute atomic E-state index is 0.255. The number of likely N-dealkylation sites (N-methyl/N-ethyl adjacent to an activating group) is 1. The molecule has 0 aliphatic carbocycles. The minimum Gasteiger partial charge on any atom is -0.463 e. The van der Waals surface area contributed by atoms with E-state index >= 15 is 0 Å². The van der Waals surface area contributed by atoms with Crippen molar-refractivity contribution in [3.63, 3.8) is 0 Å². The van der Waals surface area contributed by atoms with Gasteiger partial charge >= 0.3 is 5.97 Å². The van der Waals surface area contributed by atoms with Gasteiger partial charge in [-0.2, -0.15) is 0 Å². The van der Waals surface area contributed by atoms with Gasteiger partial charge in [0.05, 0.1) is 6.61 Å². The second-order valence-corrected chi connectivity index (χ2v) is 3.46.